The second-order valence-electron chi connectivity index (χ2n) is 9.57. The van der Waals surface area contributed by atoms with E-state index >= 15 is 0 Å². The SMILES string of the molecule is O=C(O)C(F)(F)F.O=C(O)C(F)(F)F.c1cc(-c2ccc3cnc(Nc4ccc(-n5cnc(N6CCOCC6)n5)cc4)nc3c2)ccn1. The van der Waals surface area contributed by atoms with Crippen LogP contribution in [0.5, 0.6) is 0 Å². The van der Waals surface area contributed by atoms with E-state index in [2.05, 4.69) is 42.4 Å². The summed E-state index contributed by atoms with van der Waals surface area (Å²) in [5.41, 5.74) is 4.89. The van der Waals surface area contributed by atoms with Crippen molar-refractivity contribution in [2.24, 2.45) is 0 Å². The van der Waals surface area contributed by atoms with E-state index in [-0.39, 0.29) is 0 Å². The Balaban J connectivity index is 0.000000314. The molecule has 1 saturated heterocycles. The highest BCUT2D eigenvalue weighted by Crippen LogP contribution is 2.24. The van der Waals surface area contributed by atoms with Crippen LogP contribution in [-0.4, -0.2) is 90.5 Å². The largest absolute Gasteiger partial charge is 0.490 e. The molecule has 6 rings (SSSR count). The van der Waals surface area contributed by atoms with Gasteiger partial charge in [0.1, 0.15) is 6.33 Å². The first-order valence-corrected chi connectivity index (χ1v) is 13.6. The minimum atomic E-state index is -5.08. The number of carboxylic acid groups (broad SMARTS) is 2. The lowest BCUT2D eigenvalue weighted by Crippen LogP contribution is -2.37. The average Bonchev–Trinajstić information content (AvgIpc) is 3.56. The number of pyridine rings is 1. The number of alkyl halides is 6. The molecule has 1 aliphatic heterocycles. The zero-order valence-electron chi connectivity index (χ0n) is 24.4. The zero-order chi connectivity index (χ0) is 34.9. The van der Waals surface area contributed by atoms with Crippen molar-refractivity contribution in [3.8, 4) is 16.8 Å². The smallest absolute Gasteiger partial charge is 0.475 e. The first-order chi connectivity index (χ1) is 22.7. The van der Waals surface area contributed by atoms with Crippen LogP contribution in [0, 0.1) is 0 Å². The van der Waals surface area contributed by atoms with Crippen LogP contribution in [0.1, 0.15) is 0 Å². The number of anilines is 3. The number of aliphatic carboxylic acids is 2. The molecule has 0 aliphatic carbocycles. The van der Waals surface area contributed by atoms with Gasteiger partial charge in [-0.05, 0) is 53.6 Å². The Kier molecular flexibility index (Phi) is 11.1. The highest BCUT2D eigenvalue weighted by Gasteiger charge is 2.38. The first kappa shape index (κ1) is 35.0. The molecule has 0 bridgehead atoms. The number of halogens is 6. The number of nitrogens with one attached hydrogen (secondary N) is 1. The third-order valence-electron chi connectivity index (χ3n) is 6.24. The quantitative estimate of drug-likeness (QED) is 0.210. The van der Waals surface area contributed by atoms with Crippen LogP contribution in [0.15, 0.2) is 79.5 Å². The van der Waals surface area contributed by atoms with Gasteiger partial charge in [-0.1, -0.05) is 12.1 Å². The maximum absolute atomic E-state index is 10.6. The van der Waals surface area contributed by atoms with Crippen LogP contribution < -0.4 is 10.2 Å². The van der Waals surface area contributed by atoms with Gasteiger partial charge in [-0.2, -0.15) is 31.3 Å². The van der Waals surface area contributed by atoms with Crippen LogP contribution in [0.3, 0.4) is 0 Å². The van der Waals surface area contributed by atoms with E-state index in [0.29, 0.717) is 19.2 Å². The summed E-state index contributed by atoms with van der Waals surface area (Å²) in [5.74, 6) is -4.25. The van der Waals surface area contributed by atoms with Crippen molar-refractivity contribution in [2.75, 3.05) is 36.5 Å². The van der Waals surface area contributed by atoms with Gasteiger partial charge in [-0.3, -0.25) is 4.98 Å². The molecule has 3 aromatic heterocycles. The standard InChI is InChI=1S/C25H22N8O.2C2HF3O2/c1-2-20-16-27-24(30-23(20)15-19(1)18-7-9-26-10-8-18)29-21-3-5-22(6-4-21)33-17-28-25(31-33)32-11-13-34-14-12-32;2*3-2(4,5)1(6)7/h1-10,15-17H,11-14H2,(H,27,29,30);2*(H,6,7). The Bertz CT molecular complexity index is 1810. The number of hydrogen-bond acceptors (Lipinski definition) is 10. The second-order valence-corrected chi connectivity index (χ2v) is 9.57. The molecule has 0 atom stereocenters. The summed E-state index contributed by atoms with van der Waals surface area (Å²) >= 11 is 0. The molecule has 0 spiro atoms. The van der Waals surface area contributed by atoms with Crippen LogP contribution in [0.4, 0.5) is 43.9 Å². The Morgan fingerprint density at radius 1 is 0.812 bits per heavy atom. The number of rotatable bonds is 5. The summed E-state index contributed by atoms with van der Waals surface area (Å²) in [7, 11) is 0. The Labute approximate surface area is 266 Å². The fraction of sp³-hybridized carbons (Fsp3) is 0.207. The molecule has 252 valence electrons. The number of carboxylic acids is 2. The van der Waals surface area contributed by atoms with Crippen molar-refractivity contribution >= 4 is 40.4 Å². The van der Waals surface area contributed by atoms with E-state index in [0.717, 1.165) is 52.4 Å². The summed E-state index contributed by atoms with van der Waals surface area (Å²) in [4.78, 5) is 37.6. The van der Waals surface area contributed by atoms with Crippen molar-refractivity contribution in [3.05, 3.63) is 79.5 Å². The van der Waals surface area contributed by atoms with Crippen LogP contribution in [-0.2, 0) is 14.3 Å². The molecule has 1 aliphatic rings. The number of fused-ring (bicyclic) bond motifs is 1. The number of benzene rings is 2. The van der Waals surface area contributed by atoms with Crippen molar-refractivity contribution < 1.29 is 50.9 Å². The summed E-state index contributed by atoms with van der Waals surface area (Å²) in [6, 6.07) is 18.1. The zero-order valence-corrected chi connectivity index (χ0v) is 24.4. The summed E-state index contributed by atoms with van der Waals surface area (Å²) in [5, 5.41) is 23.1. The second kappa shape index (κ2) is 15.2. The Hall–Kier alpha value is -5.85. The third-order valence-corrected chi connectivity index (χ3v) is 6.24. The van der Waals surface area contributed by atoms with E-state index in [1.165, 1.54) is 0 Å². The lowest BCUT2D eigenvalue weighted by molar-refractivity contribution is -0.193. The monoisotopic (exact) mass is 678 g/mol. The summed E-state index contributed by atoms with van der Waals surface area (Å²) in [6.07, 6.45) is -3.02. The molecule has 4 heterocycles. The molecular weight excluding hydrogens is 654 g/mol. The molecule has 5 aromatic rings. The van der Waals surface area contributed by atoms with Crippen molar-refractivity contribution in [1.82, 2.24) is 29.7 Å². The molecule has 19 heteroatoms. The highest BCUT2D eigenvalue weighted by atomic mass is 19.4. The normalized spacial score (nSPS) is 13.1. The number of hydrogen-bond donors (Lipinski definition) is 3. The number of carbonyl (C=O) groups is 2. The third kappa shape index (κ3) is 9.82. The van der Waals surface area contributed by atoms with Gasteiger partial charge in [0, 0.05) is 42.8 Å². The van der Waals surface area contributed by atoms with Gasteiger partial charge >= 0.3 is 24.3 Å². The van der Waals surface area contributed by atoms with Crippen LogP contribution in [0.25, 0.3) is 27.7 Å². The first-order valence-electron chi connectivity index (χ1n) is 13.6. The van der Waals surface area contributed by atoms with Gasteiger partial charge in [0.2, 0.25) is 11.9 Å². The minimum Gasteiger partial charge on any atom is -0.475 e. The topological polar surface area (TPSA) is 168 Å². The van der Waals surface area contributed by atoms with Crippen LogP contribution in [0.2, 0.25) is 0 Å². The lowest BCUT2D eigenvalue weighted by atomic mass is 10.1. The molecule has 48 heavy (non-hydrogen) atoms. The molecule has 0 saturated carbocycles. The van der Waals surface area contributed by atoms with Crippen LogP contribution >= 0.6 is 0 Å². The Morgan fingerprint density at radius 2 is 1.42 bits per heavy atom. The number of aromatic nitrogens is 6. The summed E-state index contributed by atoms with van der Waals surface area (Å²) in [6.45, 7) is 3.03. The van der Waals surface area contributed by atoms with E-state index < -0.39 is 24.3 Å². The van der Waals surface area contributed by atoms with Gasteiger partial charge in [-0.15, -0.1) is 5.10 Å². The number of ether oxygens (including phenoxy) is 1. The van der Waals surface area contributed by atoms with Gasteiger partial charge < -0.3 is 25.2 Å². The van der Waals surface area contributed by atoms with E-state index in [1.54, 1.807) is 23.4 Å². The molecule has 0 radical (unpaired) electrons. The predicted molar refractivity (Wildman–Crippen MR) is 158 cm³/mol. The fourth-order valence-corrected chi connectivity index (χ4v) is 3.92. The molecule has 3 N–H and O–H groups in total. The molecule has 0 amide bonds. The molecule has 13 nitrogen and oxygen atoms in total. The fourth-order valence-electron chi connectivity index (χ4n) is 3.92. The number of nitrogens with zero attached hydrogens (tertiary/aromatic N) is 7. The highest BCUT2D eigenvalue weighted by molar-refractivity contribution is 5.84. The van der Waals surface area contributed by atoms with Crippen molar-refractivity contribution in [1.29, 1.82) is 0 Å². The molecule has 2 aromatic carbocycles. The van der Waals surface area contributed by atoms with Gasteiger partial charge in [-0.25, -0.2) is 24.2 Å². The summed E-state index contributed by atoms with van der Waals surface area (Å²) < 4.78 is 70.7. The van der Waals surface area contributed by atoms with Crippen molar-refractivity contribution in [3.63, 3.8) is 0 Å². The maximum atomic E-state index is 10.6. The van der Waals surface area contributed by atoms with Gasteiger partial charge in [0.15, 0.2) is 0 Å². The lowest BCUT2D eigenvalue weighted by Gasteiger charge is -2.25. The van der Waals surface area contributed by atoms with Crippen molar-refractivity contribution in [2.45, 2.75) is 12.4 Å². The predicted octanol–water partition coefficient (Wildman–Crippen LogP) is 5.12. The van der Waals surface area contributed by atoms with E-state index in [9.17, 15) is 26.3 Å². The van der Waals surface area contributed by atoms with Gasteiger partial charge in [0.05, 0.1) is 24.4 Å². The maximum Gasteiger partial charge on any atom is 0.490 e. The average molecular weight is 679 g/mol. The van der Waals surface area contributed by atoms with Gasteiger partial charge in [0.25, 0.3) is 0 Å². The number of morpholine rings is 1. The molecular formula is C29H24F6N8O5. The Morgan fingerprint density at radius 3 is 2.00 bits per heavy atom. The molecule has 0 unspecified atom stereocenters. The van der Waals surface area contributed by atoms with E-state index in [4.69, 9.17) is 29.5 Å². The molecule has 1 fully saturated rings. The van der Waals surface area contributed by atoms with E-state index in [1.807, 2.05) is 48.7 Å². The minimum absolute atomic E-state index is 0.544.